The van der Waals surface area contributed by atoms with Gasteiger partial charge in [0, 0.05) is 18.2 Å². The third-order valence-corrected chi connectivity index (χ3v) is 4.23. The number of hydrogen-bond donors (Lipinski definition) is 1. The van der Waals surface area contributed by atoms with Gasteiger partial charge < -0.3 is 24.2 Å². The molecule has 2 aromatic carbocycles. The van der Waals surface area contributed by atoms with Crippen LogP contribution in [0.5, 0.6) is 17.2 Å². The number of amides is 1. The minimum atomic E-state index is -0.583. The van der Waals surface area contributed by atoms with Crippen LogP contribution in [0, 0.1) is 0 Å². The first kappa shape index (κ1) is 17.1. The van der Waals surface area contributed by atoms with Crippen molar-refractivity contribution in [2.24, 2.45) is 0 Å². The van der Waals surface area contributed by atoms with Gasteiger partial charge in [-0.3, -0.25) is 4.79 Å². The monoisotopic (exact) mass is 343 g/mol. The fraction of sp³-hybridized carbons (Fsp3) is 0.316. The first-order valence-corrected chi connectivity index (χ1v) is 8.06. The molecule has 0 aromatic heterocycles. The summed E-state index contributed by atoms with van der Waals surface area (Å²) in [5.74, 6) is 1.54. The number of rotatable bonds is 5. The topological polar surface area (TPSA) is 68.2 Å². The summed E-state index contributed by atoms with van der Waals surface area (Å²) >= 11 is 0. The normalized spacial score (nSPS) is 16.1. The molecule has 6 heteroatoms. The Morgan fingerprint density at radius 1 is 1.16 bits per heavy atom. The Morgan fingerprint density at radius 2 is 1.92 bits per heavy atom. The van der Waals surface area contributed by atoms with E-state index >= 15 is 0 Å². The summed E-state index contributed by atoms with van der Waals surface area (Å²) in [6.07, 6.45) is -0.0974. The molecule has 2 aromatic rings. The molecule has 1 atom stereocenters. The lowest BCUT2D eigenvalue weighted by Crippen LogP contribution is -2.39. The second-order valence-corrected chi connectivity index (χ2v) is 5.71. The van der Waals surface area contributed by atoms with Gasteiger partial charge >= 0.3 is 0 Å². The van der Waals surface area contributed by atoms with Crippen LogP contribution in [0.25, 0.3) is 0 Å². The summed E-state index contributed by atoms with van der Waals surface area (Å²) in [5, 5.41) is 10.2. The molecule has 0 aliphatic carbocycles. The smallest absolute Gasteiger partial charge is 0.264 e. The fourth-order valence-corrected chi connectivity index (χ4v) is 2.91. The van der Waals surface area contributed by atoms with Crippen LogP contribution in [0.4, 0.5) is 5.69 Å². The fourth-order valence-electron chi connectivity index (χ4n) is 2.91. The number of ether oxygens (including phenoxy) is 3. The molecule has 1 heterocycles. The molecule has 0 saturated carbocycles. The van der Waals surface area contributed by atoms with Gasteiger partial charge in [0.2, 0.25) is 0 Å². The number of carbonyl (C=O) groups excluding carboxylic acids is 1. The van der Waals surface area contributed by atoms with E-state index in [0.717, 1.165) is 5.56 Å². The highest BCUT2D eigenvalue weighted by atomic mass is 16.5. The Morgan fingerprint density at radius 3 is 2.64 bits per heavy atom. The highest BCUT2D eigenvalue weighted by molar-refractivity contribution is 5.96. The van der Waals surface area contributed by atoms with Crippen LogP contribution in [0.2, 0.25) is 0 Å². The number of para-hydroxylation sites is 2. The first-order valence-electron chi connectivity index (χ1n) is 8.06. The minimum absolute atomic E-state index is 0.118. The van der Waals surface area contributed by atoms with Gasteiger partial charge in [-0.2, -0.15) is 0 Å². The van der Waals surface area contributed by atoms with Gasteiger partial charge in [-0.25, -0.2) is 0 Å². The molecule has 1 N–H and O–H groups in total. The first-order chi connectivity index (χ1) is 12.1. The molecule has 1 aliphatic rings. The van der Waals surface area contributed by atoms with Crippen LogP contribution in [-0.4, -0.2) is 38.4 Å². The van der Waals surface area contributed by atoms with Gasteiger partial charge in [0.15, 0.2) is 18.1 Å². The summed E-state index contributed by atoms with van der Waals surface area (Å²) < 4.78 is 16.1. The number of methoxy groups -OCH3 is 2. The van der Waals surface area contributed by atoms with Crippen molar-refractivity contribution < 1.29 is 24.1 Å². The van der Waals surface area contributed by atoms with E-state index in [0.29, 0.717) is 35.9 Å². The van der Waals surface area contributed by atoms with E-state index in [9.17, 15) is 9.90 Å². The molecular weight excluding hydrogens is 322 g/mol. The molecular formula is C19H21NO5. The van der Waals surface area contributed by atoms with E-state index in [1.54, 1.807) is 49.5 Å². The number of fused-ring (bicyclic) bond motifs is 1. The summed E-state index contributed by atoms with van der Waals surface area (Å²) in [7, 11) is 3.12. The Balaban J connectivity index is 1.78. The van der Waals surface area contributed by atoms with Crippen molar-refractivity contribution in [1.29, 1.82) is 0 Å². The highest BCUT2D eigenvalue weighted by Gasteiger charge is 2.28. The van der Waals surface area contributed by atoms with Crippen molar-refractivity contribution in [1.82, 2.24) is 0 Å². The van der Waals surface area contributed by atoms with E-state index in [-0.39, 0.29) is 12.5 Å². The van der Waals surface area contributed by atoms with Crippen LogP contribution >= 0.6 is 0 Å². The van der Waals surface area contributed by atoms with Gasteiger partial charge in [-0.05, 0) is 24.6 Å². The quantitative estimate of drug-likeness (QED) is 0.904. The summed E-state index contributed by atoms with van der Waals surface area (Å²) in [4.78, 5) is 14.3. The Hall–Kier alpha value is -2.73. The maximum atomic E-state index is 12.7. The van der Waals surface area contributed by atoms with E-state index < -0.39 is 6.10 Å². The van der Waals surface area contributed by atoms with Crippen molar-refractivity contribution in [2.75, 3.05) is 32.3 Å². The van der Waals surface area contributed by atoms with Crippen LogP contribution in [-0.2, 0) is 4.79 Å². The molecule has 25 heavy (non-hydrogen) atoms. The largest absolute Gasteiger partial charge is 0.497 e. The zero-order valence-electron chi connectivity index (χ0n) is 14.3. The molecule has 6 nitrogen and oxygen atoms in total. The minimum Gasteiger partial charge on any atom is -0.497 e. The Bertz CT molecular complexity index is 761. The number of carbonyl (C=O) groups is 1. The van der Waals surface area contributed by atoms with Crippen LogP contribution < -0.4 is 19.1 Å². The second kappa shape index (κ2) is 7.44. The molecule has 1 aliphatic heterocycles. The van der Waals surface area contributed by atoms with Crippen molar-refractivity contribution in [3.05, 3.63) is 48.0 Å². The van der Waals surface area contributed by atoms with Crippen molar-refractivity contribution in [3.8, 4) is 17.2 Å². The average Bonchev–Trinajstić information content (AvgIpc) is 2.66. The lowest BCUT2D eigenvalue weighted by atomic mass is 9.98. The van der Waals surface area contributed by atoms with Crippen molar-refractivity contribution >= 4 is 11.6 Å². The summed E-state index contributed by atoms with van der Waals surface area (Å²) in [6.45, 7) is 0.308. The number of benzene rings is 2. The molecule has 0 radical (unpaired) electrons. The van der Waals surface area contributed by atoms with Crippen molar-refractivity contribution in [2.45, 2.75) is 12.5 Å². The van der Waals surface area contributed by atoms with Crippen LogP contribution in [0.3, 0.4) is 0 Å². The second-order valence-electron chi connectivity index (χ2n) is 5.71. The third kappa shape index (κ3) is 3.53. The highest BCUT2D eigenvalue weighted by Crippen LogP contribution is 2.36. The third-order valence-electron chi connectivity index (χ3n) is 4.23. The van der Waals surface area contributed by atoms with Gasteiger partial charge in [-0.15, -0.1) is 0 Å². The molecule has 0 fully saturated rings. The maximum absolute atomic E-state index is 12.7. The van der Waals surface area contributed by atoms with Gasteiger partial charge in [0.1, 0.15) is 5.75 Å². The van der Waals surface area contributed by atoms with Crippen LogP contribution in [0.1, 0.15) is 18.1 Å². The van der Waals surface area contributed by atoms with Crippen molar-refractivity contribution in [3.63, 3.8) is 0 Å². The summed E-state index contributed by atoms with van der Waals surface area (Å²) in [6, 6.07) is 12.5. The summed E-state index contributed by atoms with van der Waals surface area (Å²) in [5.41, 5.74) is 1.38. The van der Waals surface area contributed by atoms with E-state index in [2.05, 4.69) is 0 Å². The molecule has 3 rings (SSSR count). The van der Waals surface area contributed by atoms with Crippen LogP contribution in [0.15, 0.2) is 42.5 Å². The predicted molar refractivity (Wildman–Crippen MR) is 93.4 cm³/mol. The standard InChI is InChI=1S/C19H21NO5/c1-23-13-7-8-14-15(11-13)20(10-9-16(14)21)19(22)12-25-18-6-4-3-5-17(18)24-2/h3-8,11,16,21H,9-10,12H2,1-2H3. The Labute approximate surface area is 146 Å². The van der Waals surface area contributed by atoms with E-state index in [4.69, 9.17) is 14.2 Å². The van der Waals surface area contributed by atoms with E-state index in [1.807, 2.05) is 12.1 Å². The van der Waals surface area contributed by atoms with Gasteiger partial charge in [-0.1, -0.05) is 18.2 Å². The number of anilines is 1. The van der Waals surface area contributed by atoms with Gasteiger partial charge in [0.25, 0.3) is 5.91 Å². The molecule has 0 bridgehead atoms. The number of hydrogen-bond acceptors (Lipinski definition) is 5. The number of nitrogens with zero attached hydrogens (tertiary/aromatic N) is 1. The lowest BCUT2D eigenvalue weighted by molar-refractivity contribution is -0.120. The molecule has 132 valence electrons. The molecule has 0 spiro atoms. The maximum Gasteiger partial charge on any atom is 0.264 e. The Kier molecular flexibility index (Phi) is 5.09. The zero-order chi connectivity index (χ0) is 17.8. The molecule has 0 saturated heterocycles. The predicted octanol–water partition coefficient (Wildman–Crippen LogP) is 2.55. The average molecular weight is 343 g/mol. The van der Waals surface area contributed by atoms with Gasteiger partial charge in [0.05, 0.1) is 26.0 Å². The number of aliphatic hydroxyl groups is 1. The molecule has 1 unspecified atom stereocenters. The molecule has 1 amide bonds. The zero-order valence-corrected chi connectivity index (χ0v) is 14.3. The number of aliphatic hydroxyl groups excluding tert-OH is 1. The van der Waals surface area contributed by atoms with E-state index in [1.165, 1.54) is 0 Å². The lowest BCUT2D eigenvalue weighted by Gasteiger charge is -2.32. The SMILES string of the molecule is COc1ccc2c(c1)N(C(=O)COc1ccccc1OC)CCC2O.